The van der Waals surface area contributed by atoms with E-state index in [0.29, 0.717) is 0 Å². The molecule has 0 aliphatic carbocycles. The Kier molecular flexibility index (Phi) is 5.07. The van der Waals surface area contributed by atoms with Crippen molar-refractivity contribution in [3.8, 4) is 0 Å². The standard InChI is InChI=1S/C14H12F4N2O4/c1-24-14(23)6-5-20(2-3-21)13(22)11(6)19-12-9(17)7(15)4-8(16)10(12)18/h4,19,21H,2-3,5H2,1H3. The van der Waals surface area contributed by atoms with Crippen LogP contribution in [0, 0.1) is 23.3 Å². The molecule has 0 unspecified atom stereocenters. The maximum absolute atomic E-state index is 13.7. The van der Waals surface area contributed by atoms with Crippen LogP contribution in [-0.2, 0) is 14.3 Å². The zero-order chi connectivity index (χ0) is 18.0. The number of aliphatic hydroxyl groups is 1. The van der Waals surface area contributed by atoms with Crippen molar-refractivity contribution in [2.24, 2.45) is 0 Å². The number of amides is 1. The van der Waals surface area contributed by atoms with Gasteiger partial charge in [0.25, 0.3) is 5.91 Å². The topological polar surface area (TPSA) is 78.9 Å². The van der Waals surface area contributed by atoms with E-state index < -0.39 is 53.1 Å². The van der Waals surface area contributed by atoms with E-state index in [1.807, 2.05) is 5.32 Å². The molecule has 0 radical (unpaired) electrons. The van der Waals surface area contributed by atoms with Crippen LogP contribution in [0.3, 0.4) is 0 Å². The number of hydrogen-bond acceptors (Lipinski definition) is 5. The Hall–Kier alpha value is -2.62. The van der Waals surface area contributed by atoms with Crippen LogP contribution in [0.15, 0.2) is 17.3 Å². The average Bonchev–Trinajstić information content (AvgIpc) is 2.86. The second-order valence-electron chi connectivity index (χ2n) is 4.76. The van der Waals surface area contributed by atoms with Gasteiger partial charge in [-0.15, -0.1) is 0 Å². The van der Waals surface area contributed by atoms with Crippen molar-refractivity contribution in [2.45, 2.75) is 0 Å². The van der Waals surface area contributed by atoms with Crippen molar-refractivity contribution in [1.82, 2.24) is 4.90 Å². The number of aliphatic hydroxyl groups excluding tert-OH is 1. The summed E-state index contributed by atoms with van der Waals surface area (Å²) in [6, 6.07) is 0.0139. The molecule has 1 amide bonds. The first-order valence-electron chi connectivity index (χ1n) is 6.63. The molecule has 6 nitrogen and oxygen atoms in total. The Labute approximate surface area is 133 Å². The predicted molar refractivity (Wildman–Crippen MR) is 72.6 cm³/mol. The van der Waals surface area contributed by atoms with Crippen LogP contribution in [0.5, 0.6) is 0 Å². The molecule has 0 fully saturated rings. The molecule has 2 rings (SSSR count). The van der Waals surface area contributed by atoms with E-state index in [9.17, 15) is 27.2 Å². The van der Waals surface area contributed by atoms with Crippen LogP contribution in [0.4, 0.5) is 23.2 Å². The van der Waals surface area contributed by atoms with Gasteiger partial charge in [-0.1, -0.05) is 0 Å². The van der Waals surface area contributed by atoms with Gasteiger partial charge in [-0.2, -0.15) is 0 Å². The number of benzene rings is 1. The highest BCUT2D eigenvalue weighted by molar-refractivity contribution is 6.08. The number of carbonyl (C=O) groups excluding carboxylic acids is 2. The number of ether oxygens (including phenoxy) is 1. The Morgan fingerprint density at radius 3 is 2.38 bits per heavy atom. The Morgan fingerprint density at radius 1 is 1.29 bits per heavy atom. The Morgan fingerprint density at radius 2 is 1.88 bits per heavy atom. The molecule has 1 aromatic rings. The van der Waals surface area contributed by atoms with Gasteiger partial charge in [0.2, 0.25) is 0 Å². The lowest BCUT2D eigenvalue weighted by atomic mass is 10.2. The van der Waals surface area contributed by atoms with E-state index >= 15 is 0 Å². The normalized spacial score (nSPS) is 14.4. The van der Waals surface area contributed by atoms with Gasteiger partial charge in [-0.3, -0.25) is 4.79 Å². The van der Waals surface area contributed by atoms with Crippen LogP contribution in [-0.4, -0.2) is 48.7 Å². The molecule has 0 saturated heterocycles. The number of methoxy groups -OCH3 is 1. The molecule has 0 atom stereocenters. The third-order valence-corrected chi connectivity index (χ3v) is 3.32. The molecule has 0 bridgehead atoms. The summed E-state index contributed by atoms with van der Waals surface area (Å²) in [5.74, 6) is -8.70. The number of anilines is 1. The highest BCUT2D eigenvalue weighted by Crippen LogP contribution is 2.28. The van der Waals surface area contributed by atoms with Gasteiger partial charge in [-0.25, -0.2) is 22.4 Å². The molecule has 1 aliphatic rings. The van der Waals surface area contributed by atoms with E-state index in [2.05, 4.69) is 4.74 Å². The fourth-order valence-corrected chi connectivity index (χ4v) is 2.16. The van der Waals surface area contributed by atoms with Gasteiger partial charge in [0.1, 0.15) is 11.4 Å². The maximum atomic E-state index is 13.7. The largest absolute Gasteiger partial charge is 0.466 e. The van der Waals surface area contributed by atoms with Crippen molar-refractivity contribution in [3.05, 3.63) is 40.6 Å². The molecule has 2 N–H and O–H groups in total. The van der Waals surface area contributed by atoms with E-state index in [0.717, 1.165) is 12.0 Å². The third kappa shape index (κ3) is 3.04. The smallest absolute Gasteiger partial charge is 0.337 e. The minimum Gasteiger partial charge on any atom is -0.466 e. The van der Waals surface area contributed by atoms with Crippen LogP contribution in [0.25, 0.3) is 0 Å². The fourth-order valence-electron chi connectivity index (χ4n) is 2.16. The molecule has 0 aromatic heterocycles. The number of carbonyl (C=O) groups is 2. The van der Waals surface area contributed by atoms with Crippen molar-refractivity contribution in [3.63, 3.8) is 0 Å². The van der Waals surface area contributed by atoms with E-state index in [1.165, 1.54) is 0 Å². The number of hydrogen-bond donors (Lipinski definition) is 2. The summed E-state index contributed by atoms with van der Waals surface area (Å²) >= 11 is 0. The summed E-state index contributed by atoms with van der Waals surface area (Å²) in [6.45, 7) is -0.882. The number of halogens is 4. The van der Waals surface area contributed by atoms with Gasteiger partial charge in [0, 0.05) is 12.6 Å². The summed E-state index contributed by atoms with van der Waals surface area (Å²) in [5.41, 5.74) is -2.12. The maximum Gasteiger partial charge on any atom is 0.337 e. The number of esters is 1. The van der Waals surface area contributed by atoms with Gasteiger partial charge in [-0.05, 0) is 0 Å². The van der Waals surface area contributed by atoms with Crippen LogP contribution >= 0.6 is 0 Å². The van der Waals surface area contributed by atoms with Gasteiger partial charge >= 0.3 is 5.97 Å². The Bertz CT molecular complexity index is 710. The zero-order valence-electron chi connectivity index (χ0n) is 12.3. The molecule has 0 saturated carbocycles. The lowest BCUT2D eigenvalue weighted by molar-refractivity contribution is -0.136. The quantitative estimate of drug-likeness (QED) is 0.470. The molecule has 130 valence electrons. The molecule has 1 heterocycles. The second-order valence-corrected chi connectivity index (χ2v) is 4.76. The van der Waals surface area contributed by atoms with Gasteiger partial charge in [0.15, 0.2) is 23.3 Å². The van der Waals surface area contributed by atoms with Gasteiger partial charge in [0.05, 0.1) is 25.8 Å². The minimum atomic E-state index is -1.75. The van der Waals surface area contributed by atoms with Crippen LogP contribution < -0.4 is 5.32 Å². The highest BCUT2D eigenvalue weighted by atomic mass is 19.2. The van der Waals surface area contributed by atoms with E-state index in [1.54, 1.807) is 0 Å². The van der Waals surface area contributed by atoms with Crippen LogP contribution in [0.2, 0.25) is 0 Å². The average molecular weight is 348 g/mol. The minimum absolute atomic E-state index is 0.0139. The molecular formula is C14H12F4N2O4. The van der Waals surface area contributed by atoms with E-state index in [-0.39, 0.29) is 24.7 Å². The fraction of sp³-hybridized carbons (Fsp3) is 0.286. The van der Waals surface area contributed by atoms with Crippen molar-refractivity contribution < 1.29 is 37.0 Å². The molecule has 1 aliphatic heterocycles. The first kappa shape index (κ1) is 17.7. The molecule has 1 aromatic carbocycles. The first-order valence-corrected chi connectivity index (χ1v) is 6.63. The molecular weight excluding hydrogens is 336 g/mol. The summed E-state index contributed by atoms with van der Waals surface area (Å²) in [7, 11) is 1.02. The zero-order valence-corrected chi connectivity index (χ0v) is 12.3. The van der Waals surface area contributed by atoms with Crippen molar-refractivity contribution in [1.29, 1.82) is 0 Å². The summed E-state index contributed by atoms with van der Waals surface area (Å²) < 4.78 is 58.4. The summed E-state index contributed by atoms with van der Waals surface area (Å²) in [4.78, 5) is 24.9. The van der Waals surface area contributed by atoms with Crippen molar-refractivity contribution >= 4 is 17.6 Å². The number of nitrogens with one attached hydrogen (secondary N) is 1. The molecule has 24 heavy (non-hydrogen) atoms. The SMILES string of the molecule is COC(=O)C1=C(Nc2c(F)c(F)cc(F)c2F)C(=O)N(CCO)C1. The summed E-state index contributed by atoms with van der Waals surface area (Å²) in [5, 5.41) is 10.8. The number of rotatable bonds is 5. The summed E-state index contributed by atoms with van der Waals surface area (Å²) in [6.07, 6.45) is 0. The van der Waals surface area contributed by atoms with Crippen LogP contribution in [0.1, 0.15) is 0 Å². The second kappa shape index (κ2) is 6.87. The van der Waals surface area contributed by atoms with Crippen molar-refractivity contribution in [2.75, 3.05) is 32.1 Å². The number of β-amino-alcohol motifs (C(OH)–C–C–N with tert-alkyl or cyclic N) is 1. The van der Waals surface area contributed by atoms with Gasteiger partial charge < -0.3 is 20.1 Å². The highest BCUT2D eigenvalue weighted by Gasteiger charge is 2.35. The Balaban J connectivity index is 2.49. The lowest BCUT2D eigenvalue weighted by Crippen LogP contribution is -2.31. The monoisotopic (exact) mass is 348 g/mol. The first-order chi connectivity index (χ1) is 11.3. The molecule has 0 spiro atoms. The van der Waals surface area contributed by atoms with E-state index in [4.69, 9.17) is 5.11 Å². The lowest BCUT2D eigenvalue weighted by Gasteiger charge is -2.15. The molecule has 10 heteroatoms. The number of nitrogens with zero attached hydrogens (tertiary/aromatic N) is 1. The third-order valence-electron chi connectivity index (χ3n) is 3.32. The predicted octanol–water partition coefficient (Wildman–Crippen LogP) is 0.916.